The number of hydrogen-bond donors (Lipinski definition) is 4. The lowest BCUT2D eigenvalue weighted by Crippen LogP contribution is -2.39. The minimum absolute atomic E-state index is 0.162. The summed E-state index contributed by atoms with van der Waals surface area (Å²) in [6.45, 7) is 3.65. The van der Waals surface area contributed by atoms with E-state index in [0.29, 0.717) is 52.4 Å². The van der Waals surface area contributed by atoms with Gasteiger partial charge in [0, 0.05) is 52.4 Å². The first kappa shape index (κ1) is 26.7. The summed E-state index contributed by atoms with van der Waals surface area (Å²) in [6.07, 6.45) is 0. The van der Waals surface area contributed by atoms with Crippen molar-refractivity contribution in [3.8, 4) is 0 Å². The van der Waals surface area contributed by atoms with E-state index in [1.165, 1.54) is 0 Å². The van der Waals surface area contributed by atoms with E-state index >= 15 is 0 Å². The van der Waals surface area contributed by atoms with E-state index in [1.807, 2.05) is 23.9 Å². The van der Waals surface area contributed by atoms with Crippen molar-refractivity contribution in [1.82, 2.24) is 41.0 Å². The van der Waals surface area contributed by atoms with Crippen LogP contribution in [-0.4, -0.2) is 110 Å². The molecule has 4 amide bonds. The predicted molar refractivity (Wildman–Crippen MR) is 133 cm³/mol. The maximum atomic E-state index is 12.5. The Morgan fingerprint density at radius 2 is 0.778 bits per heavy atom. The smallest absolute Gasteiger partial charge is 0.269 e. The highest BCUT2D eigenvalue weighted by atomic mass is 16.2. The highest BCUT2D eigenvalue weighted by Crippen LogP contribution is 2.01. The second kappa shape index (κ2) is 13.3. The van der Waals surface area contributed by atoms with Crippen LogP contribution >= 0.6 is 0 Å². The molecule has 3 heterocycles. The fourth-order valence-electron chi connectivity index (χ4n) is 3.40. The minimum atomic E-state index is -0.367. The zero-order valence-corrected chi connectivity index (χ0v) is 20.5. The number of carbonyl (C=O) groups excluding carboxylic acids is 4. The van der Waals surface area contributed by atoms with E-state index in [1.54, 1.807) is 36.4 Å². The van der Waals surface area contributed by atoms with Crippen molar-refractivity contribution in [3.05, 3.63) is 59.2 Å². The van der Waals surface area contributed by atoms with Gasteiger partial charge in [-0.25, -0.2) is 9.97 Å². The van der Waals surface area contributed by atoms with E-state index in [2.05, 4.69) is 31.2 Å². The predicted octanol–water partition coefficient (Wildman–Crippen LogP) is -1.03. The summed E-state index contributed by atoms with van der Waals surface area (Å²) >= 11 is 0. The van der Waals surface area contributed by atoms with Crippen LogP contribution in [0.3, 0.4) is 0 Å². The number of aromatic nitrogens is 2. The lowest BCUT2D eigenvalue weighted by atomic mass is 10.2. The Kier molecular flexibility index (Phi) is 9.83. The molecular weight excluding hydrogens is 464 g/mol. The number of nitrogens with one attached hydrogen (secondary N) is 4. The number of rotatable bonds is 0. The maximum absolute atomic E-state index is 12.5. The Hall–Kier alpha value is -3.90. The number of likely N-dealkylation sites (N-methyl/N-ethyl adjacent to an activating group) is 2. The van der Waals surface area contributed by atoms with Crippen molar-refractivity contribution in [2.75, 3.05) is 66.5 Å². The first-order chi connectivity index (χ1) is 17.3. The normalized spacial score (nSPS) is 18.3. The first-order valence-corrected chi connectivity index (χ1v) is 11.8. The molecule has 0 radical (unpaired) electrons. The Morgan fingerprint density at radius 3 is 1.03 bits per heavy atom. The molecule has 36 heavy (non-hydrogen) atoms. The van der Waals surface area contributed by atoms with Crippen LogP contribution < -0.4 is 21.3 Å². The molecule has 4 N–H and O–H groups in total. The van der Waals surface area contributed by atoms with E-state index in [-0.39, 0.29) is 46.4 Å². The molecule has 0 saturated heterocycles. The molecule has 12 nitrogen and oxygen atoms in total. The summed E-state index contributed by atoms with van der Waals surface area (Å²) in [7, 11) is 3.73. The van der Waals surface area contributed by atoms with E-state index in [0.717, 1.165) is 0 Å². The van der Waals surface area contributed by atoms with Crippen molar-refractivity contribution >= 4 is 23.6 Å². The minimum Gasteiger partial charge on any atom is -0.349 e. The van der Waals surface area contributed by atoms with Crippen molar-refractivity contribution in [2.45, 2.75) is 0 Å². The molecule has 3 rings (SSSR count). The summed E-state index contributed by atoms with van der Waals surface area (Å²) in [4.78, 5) is 62.1. The molecule has 0 aliphatic carbocycles. The van der Waals surface area contributed by atoms with Gasteiger partial charge in [0.15, 0.2) is 0 Å². The number of nitrogens with zero attached hydrogens (tertiary/aromatic N) is 4. The molecule has 0 unspecified atom stereocenters. The summed E-state index contributed by atoms with van der Waals surface area (Å²) < 4.78 is 0. The second-order valence-corrected chi connectivity index (χ2v) is 8.45. The van der Waals surface area contributed by atoms with Crippen LogP contribution in [0.25, 0.3) is 0 Å². The standard InChI is InChI=1S/C24H32N8O4/c1-31-13-9-25-21(33)17-5-3-7-19(29-17)23(35)27-11-15-32(2)16-12-28-24(36)20-8-4-6-18(30-20)22(34)26-10-14-31/h3-8H,9-16H2,1-2H3,(H,25,33)(H,26,34)(H,27,35)(H,28,36). The van der Waals surface area contributed by atoms with Gasteiger partial charge in [-0.05, 0) is 38.4 Å². The van der Waals surface area contributed by atoms with Gasteiger partial charge in [-0.1, -0.05) is 12.1 Å². The van der Waals surface area contributed by atoms with Crippen LogP contribution in [0.2, 0.25) is 0 Å². The van der Waals surface area contributed by atoms with Crippen LogP contribution in [0.5, 0.6) is 0 Å². The lowest BCUT2D eigenvalue weighted by molar-refractivity contribution is 0.0931. The average molecular weight is 497 g/mol. The number of hydrogen-bond acceptors (Lipinski definition) is 8. The Balaban J connectivity index is 1.67. The summed E-state index contributed by atoms with van der Waals surface area (Å²) in [5.41, 5.74) is 0.647. The van der Waals surface area contributed by atoms with Crippen LogP contribution in [0.15, 0.2) is 36.4 Å². The zero-order chi connectivity index (χ0) is 25.9. The van der Waals surface area contributed by atoms with Crippen molar-refractivity contribution in [2.24, 2.45) is 0 Å². The molecule has 2 aromatic rings. The maximum Gasteiger partial charge on any atom is 0.269 e. The summed E-state index contributed by atoms with van der Waals surface area (Å²) in [5.74, 6) is -1.47. The molecule has 0 spiro atoms. The highest BCUT2D eigenvalue weighted by molar-refractivity contribution is 5.97. The highest BCUT2D eigenvalue weighted by Gasteiger charge is 2.14. The second-order valence-electron chi connectivity index (χ2n) is 8.45. The topological polar surface area (TPSA) is 149 Å². The third kappa shape index (κ3) is 8.10. The van der Waals surface area contributed by atoms with Gasteiger partial charge in [0.05, 0.1) is 0 Å². The van der Waals surface area contributed by atoms with Gasteiger partial charge in [-0.3, -0.25) is 19.2 Å². The van der Waals surface area contributed by atoms with Gasteiger partial charge in [0.2, 0.25) is 0 Å². The molecule has 1 aliphatic heterocycles. The first-order valence-electron chi connectivity index (χ1n) is 11.8. The summed E-state index contributed by atoms with van der Waals surface area (Å²) in [5, 5.41) is 11.2. The van der Waals surface area contributed by atoms with Gasteiger partial charge in [-0.15, -0.1) is 0 Å². The SMILES string of the molecule is CN1CCNC(=O)c2cccc(n2)C(=O)NCCN(C)CCNC(=O)c2cccc(n2)C(=O)NCC1. The Morgan fingerprint density at radius 1 is 0.528 bits per heavy atom. The molecule has 0 saturated carbocycles. The van der Waals surface area contributed by atoms with Gasteiger partial charge >= 0.3 is 0 Å². The number of fused-ring (bicyclic) bond motifs is 4. The van der Waals surface area contributed by atoms with Gasteiger partial charge in [-0.2, -0.15) is 0 Å². The molecule has 12 heteroatoms. The third-order valence-electron chi connectivity index (χ3n) is 5.55. The number of carbonyl (C=O) groups is 4. The fraction of sp³-hybridized carbons (Fsp3) is 0.417. The molecule has 0 aromatic carbocycles. The van der Waals surface area contributed by atoms with E-state index in [9.17, 15) is 19.2 Å². The van der Waals surface area contributed by atoms with E-state index < -0.39 is 0 Å². The Labute approximate surface area is 209 Å². The van der Waals surface area contributed by atoms with Crippen molar-refractivity contribution in [3.63, 3.8) is 0 Å². The van der Waals surface area contributed by atoms with Gasteiger partial charge in [0.25, 0.3) is 23.6 Å². The van der Waals surface area contributed by atoms with Crippen LogP contribution in [0, 0.1) is 0 Å². The number of pyridine rings is 2. The molecule has 1 aliphatic rings. The quantitative estimate of drug-likeness (QED) is 0.362. The van der Waals surface area contributed by atoms with Crippen molar-refractivity contribution in [1.29, 1.82) is 0 Å². The largest absolute Gasteiger partial charge is 0.349 e. The zero-order valence-electron chi connectivity index (χ0n) is 20.5. The van der Waals surface area contributed by atoms with Gasteiger partial charge in [0.1, 0.15) is 22.8 Å². The van der Waals surface area contributed by atoms with Crippen LogP contribution in [-0.2, 0) is 0 Å². The fourth-order valence-corrected chi connectivity index (χ4v) is 3.40. The molecular formula is C24H32N8O4. The average Bonchev–Trinajstić information content (AvgIpc) is 2.88. The van der Waals surface area contributed by atoms with Crippen LogP contribution in [0.1, 0.15) is 42.0 Å². The molecule has 192 valence electrons. The van der Waals surface area contributed by atoms with E-state index in [4.69, 9.17) is 0 Å². The molecule has 2 aromatic heterocycles. The lowest BCUT2D eigenvalue weighted by Gasteiger charge is -2.18. The molecule has 4 bridgehead atoms. The Bertz CT molecular complexity index is 933. The monoisotopic (exact) mass is 496 g/mol. The molecule has 0 fully saturated rings. The summed E-state index contributed by atoms with van der Waals surface area (Å²) in [6, 6.07) is 9.46. The van der Waals surface area contributed by atoms with Crippen LogP contribution in [0.4, 0.5) is 0 Å². The number of amides is 4. The van der Waals surface area contributed by atoms with Gasteiger partial charge < -0.3 is 31.1 Å². The molecule has 0 atom stereocenters. The van der Waals surface area contributed by atoms with Crippen molar-refractivity contribution < 1.29 is 19.2 Å². The third-order valence-corrected chi connectivity index (χ3v) is 5.55.